The van der Waals surface area contributed by atoms with Crippen molar-refractivity contribution in [2.45, 2.75) is 26.1 Å². The van der Waals surface area contributed by atoms with E-state index in [9.17, 15) is 9.59 Å². The third kappa shape index (κ3) is 4.93. The SMILES string of the molecule is CC(NC(=O)C(=O)NCc1cccc(CN)c1)c1ccccc1. The van der Waals surface area contributed by atoms with Crippen molar-refractivity contribution in [1.29, 1.82) is 0 Å². The average Bonchev–Trinajstić information content (AvgIpc) is 2.60. The number of amides is 2. The number of carbonyl (C=O) groups excluding carboxylic acids is 2. The van der Waals surface area contributed by atoms with Crippen molar-refractivity contribution in [3.63, 3.8) is 0 Å². The van der Waals surface area contributed by atoms with E-state index in [2.05, 4.69) is 10.6 Å². The zero-order valence-corrected chi connectivity index (χ0v) is 13.1. The molecule has 0 heterocycles. The molecule has 5 heteroatoms. The fourth-order valence-corrected chi connectivity index (χ4v) is 2.22. The first kappa shape index (κ1) is 16.7. The molecule has 4 N–H and O–H groups in total. The van der Waals surface area contributed by atoms with Gasteiger partial charge in [0, 0.05) is 13.1 Å². The molecule has 0 aromatic heterocycles. The molecular weight excluding hydrogens is 290 g/mol. The number of carbonyl (C=O) groups is 2. The van der Waals surface area contributed by atoms with E-state index in [1.165, 1.54) is 0 Å². The summed E-state index contributed by atoms with van der Waals surface area (Å²) < 4.78 is 0. The van der Waals surface area contributed by atoms with E-state index in [4.69, 9.17) is 5.73 Å². The molecule has 5 nitrogen and oxygen atoms in total. The molecule has 0 aliphatic rings. The van der Waals surface area contributed by atoms with E-state index in [1.54, 1.807) is 0 Å². The summed E-state index contributed by atoms with van der Waals surface area (Å²) in [5.74, 6) is -1.29. The Labute approximate surface area is 135 Å². The van der Waals surface area contributed by atoms with Crippen LogP contribution < -0.4 is 16.4 Å². The lowest BCUT2D eigenvalue weighted by Crippen LogP contribution is -2.40. The van der Waals surface area contributed by atoms with E-state index < -0.39 is 11.8 Å². The minimum absolute atomic E-state index is 0.227. The Bertz CT molecular complexity index is 671. The molecule has 2 aromatic carbocycles. The Morgan fingerprint density at radius 3 is 2.39 bits per heavy atom. The maximum absolute atomic E-state index is 11.9. The van der Waals surface area contributed by atoms with Gasteiger partial charge in [-0.05, 0) is 23.6 Å². The lowest BCUT2D eigenvalue weighted by Gasteiger charge is -2.14. The minimum Gasteiger partial charge on any atom is -0.344 e. The van der Waals surface area contributed by atoms with Gasteiger partial charge in [-0.3, -0.25) is 9.59 Å². The van der Waals surface area contributed by atoms with E-state index in [-0.39, 0.29) is 6.04 Å². The van der Waals surface area contributed by atoms with Crippen LogP contribution in [0.2, 0.25) is 0 Å². The van der Waals surface area contributed by atoms with Crippen LogP contribution in [0.4, 0.5) is 0 Å². The average molecular weight is 311 g/mol. The second kappa shape index (κ2) is 8.10. The number of rotatable bonds is 5. The normalized spacial score (nSPS) is 11.6. The highest BCUT2D eigenvalue weighted by Crippen LogP contribution is 2.10. The summed E-state index contributed by atoms with van der Waals surface area (Å²) in [6.45, 7) is 2.57. The Kier molecular flexibility index (Phi) is 5.88. The van der Waals surface area contributed by atoms with Crippen molar-refractivity contribution in [2.24, 2.45) is 5.73 Å². The predicted octanol–water partition coefficient (Wildman–Crippen LogP) is 1.64. The highest BCUT2D eigenvalue weighted by Gasteiger charge is 2.16. The van der Waals surface area contributed by atoms with Gasteiger partial charge < -0.3 is 16.4 Å². The quantitative estimate of drug-likeness (QED) is 0.734. The Hall–Kier alpha value is -2.66. The van der Waals surface area contributed by atoms with Crippen molar-refractivity contribution in [1.82, 2.24) is 10.6 Å². The van der Waals surface area contributed by atoms with Crippen molar-refractivity contribution >= 4 is 11.8 Å². The molecule has 0 fully saturated rings. The van der Waals surface area contributed by atoms with Gasteiger partial charge in [-0.2, -0.15) is 0 Å². The largest absolute Gasteiger partial charge is 0.344 e. The molecule has 0 aliphatic heterocycles. The molecule has 1 unspecified atom stereocenters. The van der Waals surface area contributed by atoms with Gasteiger partial charge in [-0.1, -0.05) is 54.6 Å². The Morgan fingerprint density at radius 2 is 1.70 bits per heavy atom. The van der Waals surface area contributed by atoms with Crippen molar-refractivity contribution in [2.75, 3.05) is 0 Å². The van der Waals surface area contributed by atoms with Crippen molar-refractivity contribution in [3.05, 3.63) is 71.3 Å². The van der Waals surface area contributed by atoms with Crippen LogP contribution in [0.3, 0.4) is 0 Å². The van der Waals surface area contributed by atoms with Gasteiger partial charge in [0.15, 0.2) is 0 Å². The lowest BCUT2D eigenvalue weighted by atomic mass is 10.1. The molecule has 120 valence electrons. The summed E-state index contributed by atoms with van der Waals surface area (Å²) in [5.41, 5.74) is 8.42. The molecule has 0 saturated carbocycles. The van der Waals surface area contributed by atoms with Crippen LogP contribution in [-0.2, 0) is 22.7 Å². The molecule has 0 aliphatic carbocycles. The zero-order valence-electron chi connectivity index (χ0n) is 13.1. The predicted molar refractivity (Wildman–Crippen MR) is 89.2 cm³/mol. The Morgan fingerprint density at radius 1 is 1.00 bits per heavy atom. The monoisotopic (exact) mass is 311 g/mol. The molecule has 1 atom stereocenters. The maximum atomic E-state index is 11.9. The van der Waals surface area contributed by atoms with Crippen LogP contribution in [0.5, 0.6) is 0 Å². The fraction of sp³-hybridized carbons (Fsp3) is 0.222. The number of benzene rings is 2. The van der Waals surface area contributed by atoms with Crippen molar-refractivity contribution in [3.8, 4) is 0 Å². The van der Waals surface area contributed by atoms with Gasteiger partial charge in [-0.15, -0.1) is 0 Å². The summed E-state index contributed by atoms with van der Waals surface area (Å²) in [6.07, 6.45) is 0. The van der Waals surface area contributed by atoms with Crippen LogP contribution in [-0.4, -0.2) is 11.8 Å². The number of hydrogen-bond acceptors (Lipinski definition) is 3. The van der Waals surface area contributed by atoms with Crippen molar-refractivity contribution < 1.29 is 9.59 Å². The number of hydrogen-bond donors (Lipinski definition) is 3. The van der Waals surface area contributed by atoms with E-state index in [0.717, 1.165) is 16.7 Å². The molecule has 0 bridgehead atoms. The Balaban J connectivity index is 1.86. The molecule has 2 amide bonds. The zero-order chi connectivity index (χ0) is 16.7. The van der Waals surface area contributed by atoms with Gasteiger partial charge in [0.1, 0.15) is 0 Å². The second-order valence-electron chi connectivity index (χ2n) is 5.31. The van der Waals surface area contributed by atoms with E-state index >= 15 is 0 Å². The van der Waals surface area contributed by atoms with Crippen LogP contribution in [0.15, 0.2) is 54.6 Å². The number of nitrogens with two attached hydrogens (primary N) is 1. The molecule has 2 rings (SSSR count). The molecule has 2 aromatic rings. The second-order valence-corrected chi connectivity index (χ2v) is 5.31. The number of nitrogens with one attached hydrogen (secondary N) is 2. The molecule has 0 radical (unpaired) electrons. The van der Waals surface area contributed by atoms with E-state index in [1.807, 2.05) is 61.5 Å². The summed E-state index contributed by atoms with van der Waals surface area (Å²) >= 11 is 0. The summed E-state index contributed by atoms with van der Waals surface area (Å²) in [6, 6.07) is 16.8. The smallest absolute Gasteiger partial charge is 0.309 e. The van der Waals surface area contributed by atoms with Crippen LogP contribution in [0.1, 0.15) is 29.7 Å². The van der Waals surface area contributed by atoms with Crippen LogP contribution >= 0.6 is 0 Å². The van der Waals surface area contributed by atoms with Gasteiger partial charge in [-0.25, -0.2) is 0 Å². The lowest BCUT2D eigenvalue weighted by molar-refractivity contribution is -0.139. The third-order valence-corrected chi connectivity index (χ3v) is 3.53. The van der Waals surface area contributed by atoms with Gasteiger partial charge in [0.2, 0.25) is 0 Å². The highest BCUT2D eigenvalue weighted by atomic mass is 16.2. The van der Waals surface area contributed by atoms with E-state index in [0.29, 0.717) is 13.1 Å². The van der Waals surface area contributed by atoms with Gasteiger partial charge in [0.25, 0.3) is 0 Å². The molecule has 23 heavy (non-hydrogen) atoms. The first-order valence-electron chi connectivity index (χ1n) is 7.51. The fourth-order valence-electron chi connectivity index (χ4n) is 2.22. The molecule has 0 spiro atoms. The summed E-state index contributed by atoms with van der Waals surface area (Å²) in [4.78, 5) is 23.8. The first-order valence-corrected chi connectivity index (χ1v) is 7.51. The van der Waals surface area contributed by atoms with Gasteiger partial charge in [0.05, 0.1) is 6.04 Å². The maximum Gasteiger partial charge on any atom is 0.309 e. The third-order valence-electron chi connectivity index (χ3n) is 3.53. The van der Waals surface area contributed by atoms with Crippen LogP contribution in [0, 0.1) is 0 Å². The first-order chi connectivity index (χ1) is 11.1. The van der Waals surface area contributed by atoms with Crippen LogP contribution in [0.25, 0.3) is 0 Å². The minimum atomic E-state index is -0.647. The highest BCUT2D eigenvalue weighted by molar-refractivity contribution is 6.35. The summed E-state index contributed by atoms with van der Waals surface area (Å²) in [7, 11) is 0. The summed E-state index contributed by atoms with van der Waals surface area (Å²) in [5, 5.41) is 5.30. The topological polar surface area (TPSA) is 84.2 Å². The standard InChI is InChI=1S/C18H21N3O2/c1-13(16-8-3-2-4-9-16)21-18(23)17(22)20-12-15-7-5-6-14(10-15)11-19/h2-10,13H,11-12,19H2,1H3,(H,20,22)(H,21,23). The molecular formula is C18H21N3O2. The molecule has 0 saturated heterocycles. The van der Waals surface area contributed by atoms with Gasteiger partial charge >= 0.3 is 11.8 Å².